The lowest BCUT2D eigenvalue weighted by molar-refractivity contribution is -0.384. The van der Waals surface area contributed by atoms with Crippen molar-refractivity contribution in [1.29, 1.82) is 0 Å². The molecule has 7 nitrogen and oxygen atoms in total. The Morgan fingerprint density at radius 1 is 1.13 bits per heavy atom. The van der Waals surface area contributed by atoms with Crippen molar-refractivity contribution in [2.24, 2.45) is 0 Å². The predicted octanol–water partition coefficient (Wildman–Crippen LogP) is 3.18. The normalized spacial score (nSPS) is 11.3. The van der Waals surface area contributed by atoms with Crippen LogP contribution in [-0.4, -0.2) is 19.4 Å². The van der Waals surface area contributed by atoms with Gasteiger partial charge in [0.1, 0.15) is 5.75 Å². The van der Waals surface area contributed by atoms with E-state index in [4.69, 9.17) is 4.74 Å². The first-order chi connectivity index (χ1) is 10.8. The van der Waals surface area contributed by atoms with Crippen LogP contribution in [-0.2, 0) is 10.0 Å². The summed E-state index contributed by atoms with van der Waals surface area (Å²) in [6.07, 6.45) is -0.0310. The molecule has 2 rings (SSSR count). The van der Waals surface area contributed by atoms with Gasteiger partial charge < -0.3 is 4.74 Å². The zero-order valence-electron chi connectivity index (χ0n) is 12.6. The summed E-state index contributed by atoms with van der Waals surface area (Å²) in [5.41, 5.74) is 0.179. The minimum absolute atomic E-state index is 0.0310. The van der Waals surface area contributed by atoms with Crippen molar-refractivity contribution in [3.8, 4) is 5.75 Å². The van der Waals surface area contributed by atoms with Crippen molar-refractivity contribution in [2.75, 3.05) is 4.72 Å². The predicted molar refractivity (Wildman–Crippen MR) is 86.1 cm³/mol. The second-order valence-corrected chi connectivity index (χ2v) is 6.73. The Labute approximate surface area is 134 Å². The summed E-state index contributed by atoms with van der Waals surface area (Å²) >= 11 is 0. The summed E-state index contributed by atoms with van der Waals surface area (Å²) in [5, 5.41) is 10.6. The molecule has 0 radical (unpaired) electrons. The molecule has 0 saturated heterocycles. The first kappa shape index (κ1) is 16.8. The second kappa shape index (κ2) is 6.66. The Kier molecular flexibility index (Phi) is 4.85. The van der Waals surface area contributed by atoms with Crippen LogP contribution in [0.3, 0.4) is 0 Å². The van der Waals surface area contributed by atoms with Crippen LogP contribution in [0, 0.1) is 10.1 Å². The third-order valence-corrected chi connectivity index (χ3v) is 4.21. The number of nitrogens with one attached hydrogen (secondary N) is 1. The van der Waals surface area contributed by atoms with Gasteiger partial charge >= 0.3 is 0 Å². The number of rotatable bonds is 6. The SMILES string of the molecule is CC(C)Oc1cccc(NS(=O)(=O)c2ccc([N+](=O)[O-])cc2)c1. The van der Waals surface area contributed by atoms with E-state index in [-0.39, 0.29) is 16.7 Å². The standard InChI is InChI=1S/C15H16N2O5S/c1-11(2)22-14-5-3-4-12(10-14)16-23(20,21)15-8-6-13(7-9-15)17(18)19/h3-11,16H,1-2H3. The Hall–Kier alpha value is -2.61. The lowest BCUT2D eigenvalue weighted by Crippen LogP contribution is -2.13. The molecule has 0 aliphatic heterocycles. The van der Waals surface area contributed by atoms with Crippen molar-refractivity contribution < 1.29 is 18.1 Å². The molecule has 0 heterocycles. The van der Waals surface area contributed by atoms with Crippen molar-refractivity contribution in [3.63, 3.8) is 0 Å². The van der Waals surface area contributed by atoms with Crippen LogP contribution in [0.1, 0.15) is 13.8 Å². The molecule has 122 valence electrons. The summed E-state index contributed by atoms with van der Waals surface area (Å²) in [4.78, 5) is 9.96. The largest absolute Gasteiger partial charge is 0.491 e. The minimum Gasteiger partial charge on any atom is -0.491 e. The monoisotopic (exact) mass is 336 g/mol. The van der Waals surface area contributed by atoms with Gasteiger partial charge in [0.25, 0.3) is 15.7 Å². The maximum Gasteiger partial charge on any atom is 0.269 e. The second-order valence-electron chi connectivity index (χ2n) is 5.05. The Morgan fingerprint density at radius 2 is 1.78 bits per heavy atom. The highest BCUT2D eigenvalue weighted by atomic mass is 32.2. The highest BCUT2D eigenvalue weighted by molar-refractivity contribution is 7.92. The Bertz CT molecular complexity index is 801. The van der Waals surface area contributed by atoms with Gasteiger partial charge in [-0.25, -0.2) is 8.42 Å². The molecule has 8 heteroatoms. The molecule has 0 bridgehead atoms. The summed E-state index contributed by atoms with van der Waals surface area (Å²) in [5.74, 6) is 0.545. The van der Waals surface area contributed by atoms with Gasteiger partial charge in [-0.3, -0.25) is 14.8 Å². The van der Waals surface area contributed by atoms with E-state index >= 15 is 0 Å². The van der Waals surface area contributed by atoms with Crippen molar-refractivity contribution in [3.05, 3.63) is 58.6 Å². The highest BCUT2D eigenvalue weighted by Crippen LogP contribution is 2.22. The molecule has 1 N–H and O–H groups in total. The number of benzene rings is 2. The fourth-order valence-corrected chi connectivity index (χ4v) is 2.92. The number of hydrogen-bond donors (Lipinski definition) is 1. The number of sulfonamides is 1. The third kappa shape index (κ3) is 4.43. The van der Waals surface area contributed by atoms with E-state index in [9.17, 15) is 18.5 Å². The van der Waals surface area contributed by atoms with Crippen LogP contribution >= 0.6 is 0 Å². The summed E-state index contributed by atoms with van der Waals surface area (Å²) < 4.78 is 32.5. The van der Waals surface area contributed by atoms with Crippen LogP contribution in [0.15, 0.2) is 53.4 Å². The highest BCUT2D eigenvalue weighted by Gasteiger charge is 2.16. The average Bonchev–Trinajstić information content (AvgIpc) is 2.46. The van der Waals surface area contributed by atoms with E-state index < -0.39 is 14.9 Å². The Balaban J connectivity index is 2.22. The lowest BCUT2D eigenvalue weighted by Gasteiger charge is -2.12. The molecule has 0 amide bonds. The van der Waals surface area contributed by atoms with Gasteiger partial charge in [0.2, 0.25) is 0 Å². The van der Waals surface area contributed by atoms with Crippen LogP contribution in [0.5, 0.6) is 5.75 Å². The molecular weight excluding hydrogens is 320 g/mol. The smallest absolute Gasteiger partial charge is 0.269 e. The van der Waals surface area contributed by atoms with E-state index in [2.05, 4.69) is 4.72 Å². The third-order valence-electron chi connectivity index (χ3n) is 2.82. The van der Waals surface area contributed by atoms with Crippen molar-refractivity contribution >= 4 is 21.4 Å². The van der Waals surface area contributed by atoms with Gasteiger partial charge in [-0.05, 0) is 38.1 Å². The first-order valence-corrected chi connectivity index (χ1v) is 8.30. The molecule has 0 spiro atoms. The molecule has 0 fully saturated rings. The number of anilines is 1. The number of non-ortho nitro benzene ring substituents is 1. The summed E-state index contributed by atoms with van der Waals surface area (Å²) in [6.45, 7) is 3.74. The molecular formula is C15H16N2O5S. The number of ether oxygens (including phenoxy) is 1. The van der Waals surface area contributed by atoms with Gasteiger partial charge in [0.05, 0.1) is 21.6 Å². The van der Waals surface area contributed by atoms with Crippen LogP contribution < -0.4 is 9.46 Å². The first-order valence-electron chi connectivity index (χ1n) is 6.82. The van der Waals surface area contributed by atoms with Crippen molar-refractivity contribution in [2.45, 2.75) is 24.8 Å². The number of nitro benzene ring substituents is 1. The number of hydrogen-bond acceptors (Lipinski definition) is 5. The molecule has 0 unspecified atom stereocenters. The molecule has 23 heavy (non-hydrogen) atoms. The Morgan fingerprint density at radius 3 is 2.35 bits per heavy atom. The fraction of sp³-hybridized carbons (Fsp3) is 0.200. The van der Waals surface area contributed by atoms with Gasteiger partial charge in [-0.1, -0.05) is 6.07 Å². The maximum atomic E-state index is 12.3. The van der Waals surface area contributed by atoms with Crippen molar-refractivity contribution in [1.82, 2.24) is 0 Å². The van der Waals surface area contributed by atoms with E-state index in [0.717, 1.165) is 12.1 Å². The molecule has 0 atom stereocenters. The van der Waals surface area contributed by atoms with E-state index in [1.54, 1.807) is 24.3 Å². The number of nitrogens with zero attached hydrogens (tertiary/aromatic N) is 1. The molecule has 0 aromatic heterocycles. The zero-order chi connectivity index (χ0) is 17.0. The van der Waals surface area contributed by atoms with Crippen LogP contribution in [0.2, 0.25) is 0 Å². The average molecular weight is 336 g/mol. The molecule has 0 aliphatic carbocycles. The minimum atomic E-state index is -3.83. The zero-order valence-corrected chi connectivity index (χ0v) is 13.4. The van der Waals surface area contributed by atoms with E-state index in [1.807, 2.05) is 13.8 Å². The van der Waals surface area contributed by atoms with Crippen LogP contribution in [0.4, 0.5) is 11.4 Å². The molecule has 0 aliphatic rings. The molecule has 2 aromatic carbocycles. The maximum absolute atomic E-state index is 12.3. The van der Waals surface area contributed by atoms with Crippen LogP contribution in [0.25, 0.3) is 0 Å². The topological polar surface area (TPSA) is 98.5 Å². The molecule has 0 saturated carbocycles. The fourth-order valence-electron chi connectivity index (χ4n) is 1.87. The van der Waals surface area contributed by atoms with E-state index in [0.29, 0.717) is 11.4 Å². The van der Waals surface area contributed by atoms with E-state index in [1.165, 1.54) is 12.1 Å². The summed E-state index contributed by atoms with van der Waals surface area (Å²) in [7, 11) is -3.83. The lowest BCUT2D eigenvalue weighted by atomic mass is 10.3. The van der Waals surface area contributed by atoms with Gasteiger partial charge in [0.15, 0.2) is 0 Å². The van der Waals surface area contributed by atoms with Gasteiger partial charge in [-0.15, -0.1) is 0 Å². The number of nitro groups is 1. The summed E-state index contributed by atoms with van der Waals surface area (Å²) in [6, 6.07) is 11.2. The van der Waals surface area contributed by atoms with Gasteiger partial charge in [0, 0.05) is 18.2 Å². The quantitative estimate of drug-likeness (QED) is 0.645. The molecule has 2 aromatic rings. The van der Waals surface area contributed by atoms with Gasteiger partial charge in [-0.2, -0.15) is 0 Å².